The molecule has 0 amide bonds. The largest absolute Gasteiger partial charge is 0.490 e. The number of hydrogen-bond donors (Lipinski definition) is 4. The van der Waals surface area contributed by atoms with Crippen LogP contribution in [0.3, 0.4) is 0 Å². The lowest BCUT2D eigenvalue weighted by atomic mass is 9.91. The number of ether oxygens (including phenoxy) is 1. The van der Waals surface area contributed by atoms with Crippen molar-refractivity contribution in [1.29, 1.82) is 5.41 Å². The Kier molecular flexibility index (Phi) is 6.82. The van der Waals surface area contributed by atoms with Crippen LogP contribution in [0.25, 0.3) is 10.8 Å². The van der Waals surface area contributed by atoms with Gasteiger partial charge in [-0.2, -0.15) is 0 Å². The van der Waals surface area contributed by atoms with Crippen molar-refractivity contribution in [3.05, 3.63) is 77.4 Å². The maximum absolute atomic E-state index is 12.1. The third kappa shape index (κ3) is 5.36. The van der Waals surface area contributed by atoms with Crippen molar-refractivity contribution in [1.82, 2.24) is 4.90 Å². The van der Waals surface area contributed by atoms with Crippen LogP contribution in [-0.2, 0) is 11.2 Å². The molecule has 0 spiro atoms. The molecule has 1 unspecified atom stereocenters. The number of nitrogens with one attached hydrogen (secondary N) is 1. The van der Waals surface area contributed by atoms with Gasteiger partial charge in [-0.25, -0.2) is 0 Å². The Balaban J connectivity index is 1.46. The number of carboxylic acids is 1. The second kappa shape index (κ2) is 9.95. The number of rotatable bonds is 7. The van der Waals surface area contributed by atoms with E-state index in [1.807, 2.05) is 67.6 Å². The number of hydrogen-bond acceptors (Lipinski definition) is 3. The van der Waals surface area contributed by atoms with Crippen molar-refractivity contribution in [2.24, 2.45) is 5.73 Å². The lowest BCUT2D eigenvalue weighted by Gasteiger charge is -2.32. The van der Waals surface area contributed by atoms with Gasteiger partial charge in [0.2, 0.25) is 0 Å². The van der Waals surface area contributed by atoms with Gasteiger partial charge in [-0.3, -0.25) is 21.3 Å². The molecule has 1 aliphatic rings. The number of benzene rings is 3. The molecule has 34 heavy (non-hydrogen) atoms. The van der Waals surface area contributed by atoms with E-state index in [0.717, 1.165) is 59.1 Å². The summed E-state index contributed by atoms with van der Waals surface area (Å²) in [5.41, 5.74) is 8.15. The zero-order valence-corrected chi connectivity index (χ0v) is 19.3. The molecular formula is C27H31N4O3+. The number of carbonyl (C=O) groups is 1. The second-order valence-corrected chi connectivity index (χ2v) is 8.91. The van der Waals surface area contributed by atoms with E-state index in [4.69, 9.17) is 21.3 Å². The third-order valence-corrected chi connectivity index (χ3v) is 6.48. The van der Waals surface area contributed by atoms with Crippen LogP contribution in [0.5, 0.6) is 5.75 Å². The average molecular weight is 460 g/mol. The highest BCUT2D eigenvalue weighted by Gasteiger charge is 2.23. The number of amidine groups is 2. The Labute approximate surface area is 199 Å². The first-order valence-electron chi connectivity index (χ1n) is 11.5. The average Bonchev–Trinajstić information content (AvgIpc) is 2.83. The van der Waals surface area contributed by atoms with Gasteiger partial charge in [0.25, 0.3) is 5.84 Å². The van der Waals surface area contributed by atoms with Crippen molar-refractivity contribution in [3.63, 3.8) is 0 Å². The fourth-order valence-electron chi connectivity index (χ4n) is 4.47. The minimum Gasteiger partial charge on any atom is -0.490 e. The van der Waals surface area contributed by atoms with Gasteiger partial charge in [0.15, 0.2) is 0 Å². The number of fused-ring (bicyclic) bond motifs is 1. The van der Waals surface area contributed by atoms with Crippen molar-refractivity contribution in [2.75, 3.05) is 13.1 Å². The van der Waals surface area contributed by atoms with Crippen LogP contribution in [0.1, 0.15) is 42.4 Å². The molecule has 0 radical (unpaired) electrons. The predicted molar refractivity (Wildman–Crippen MR) is 133 cm³/mol. The third-order valence-electron chi connectivity index (χ3n) is 6.48. The SMILES string of the molecule is CC(=N)N1CCC(Oc2ccc(C(Cc3ccc4ccc(C(N)=[NH2+])cc4c3)C(=O)O)cc2)CC1. The molecular weight excluding hydrogens is 428 g/mol. The second-order valence-electron chi connectivity index (χ2n) is 8.91. The summed E-state index contributed by atoms with van der Waals surface area (Å²) in [6.45, 7) is 3.45. The highest BCUT2D eigenvalue weighted by Crippen LogP contribution is 2.27. The monoisotopic (exact) mass is 459 g/mol. The van der Waals surface area contributed by atoms with Crippen LogP contribution in [-0.4, -0.2) is 46.8 Å². The maximum atomic E-state index is 12.1. The number of nitrogens with zero attached hydrogens (tertiary/aromatic N) is 1. The summed E-state index contributed by atoms with van der Waals surface area (Å²) in [7, 11) is 0. The van der Waals surface area contributed by atoms with Crippen molar-refractivity contribution in [3.8, 4) is 5.75 Å². The first-order valence-corrected chi connectivity index (χ1v) is 11.5. The summed E-state index contributed by atoms with van der Waals surface area (Å²) in [6.07, 6.45) is 2.22. The molecule has 3 aromatic carbocycles. The van der Waals surface area contributed by atoms with E-state index in [2.05, 4.69) is 4.90 Å². The Morgan fingerprint density at radius 1 is 1.12 bits per heavy atom. The zero-order valence-electron chi connectivity index (χ0n) is 19.3. The summed E-state index contributed by atoms with van der Waals surface area (Å²) >= 11 is 0. The standard InChI is InChI=1S/C27H30N4O3/c1-17(28)31-12-10-24(11-13-31)34-23-8-6-20(7-9-23)25(27(32)33)15-18-2-3-19-4-5-21(26(29)30)16-22(19)14-18/h2-9,14,16,24-25,28H,10-13,15H2,1H3,(H3,29,30)(H,32,33)/p+1. The minimum absolute atomic E-state index is 0.110. The van der Waals surface area contributed by atoms with Crippen LogP contribution < -0.4 is 15.9 Å². The molecule has 7 nitrogen and oxygen atoms in total. The van der Waals surface area contributed by atoms with E-state index >= 15 is 0 Å². The van der Waals surface area contributed by atoms with Crippen LogP contribution in [0.15, 0.2) is 60.7 Å². The smallest absolute Gasteiger partial charge is 0.311 e. The molecule has 0 saturated carbocycles. The number of piperidine rings is 1. The van der Waals surface area contributed by atoms with Gasteiger partial charge < -0.3 is 14.7 Å². The number of aliphatic carboxylic acids is 1. The van der Waals surface area contributed by atoms with Crippen LogP contribution in [0, 0.1) is 5.41 Å². The van der Waals surface area contributed by atoms with Crippen molar-refractivity contribution in [2.45, 2.75) is 38.2 Å². The molecule has 176 valence electrons. The number of likely N-dealkylation sites (tertiary alicyclic amines) is 1. The Morgan fingerprint density at radius 2 is 1.79 bits per heavy atom. The van der Waals surface area contributed by atoms with E-state index in [1.54, 1.807) is 0 Å². The lowest BCUT2D eigenvalue weighted by Crippen LogP contribution is -2.46. The van der Waals surface area contributed by atoms with Gasteiger partial charge in [-0.15, -0.1) is 0 Å². The van der Waals surface area contributed by atoms with Gasteiger partial charge in [0.1, 0.15) is 11.9 Å². The minimum atomic E-state index is -0.864. The van der Waals surface area contributed by atoms with Crippen LogP contribution in [0.4, 0.5) is 0 Å². The fourth-order valence-corrected chi connectivity index (χ4v) is 4.47. The summed E-state index contributed by atoms with van der Waals surface area (Å²) in [4.78, 5) is 14.2. The van der Waals surface area contributed by atoms with E-state index in [1.165, 1.54) is 0 Å². The molecule has 1 aliphatic heterocycles. The van der Waals surface area contributed by atoms with E-state index in [0.29, 0.717) is 12.3 Å². The summed E-state index contributed by atoms with van der Waals surface area (Å²) in [5.74, 6) is 0.0625. The molecule has 1 saturated heterocycles. The maximum Gasteiger partial charge on any atom is 0.311 e. The molecule has 0 aliphatic carbocycles. The molecule has 7 heteroatoms. The molecule has 6 N–H and O–H groups in total. The Hall–Kier alpha value is -3.87. The van der Waals surface area contributed by atoms with E-state index in [9.17, 15) is 9.90 Å². The molecule has 1 heterocycles. The van der Waals surface area contributed by atoms with Crippen molar-refractivity contribution >= 4 is 28.4 Å². The van der Waals surface area contributed by atoms with Gasteiger partial charge in [-0.05, 0) is 59.5 Å². The zero-order chi connectivity index (χ0) is 24.2. The normalized spacial score (nSPS) is 15.1. The highest BCUT2D eigenvalue weighted by atomic mass is 16.5. The van der Waals surface area contributed by atoms with E-state index in [-0.39, 0.29) is 11.9 Å². The summed E-state index contributed by atoms with van der Waals surface area (Å²) in [5, 5.41) is 25.4. The van der Waals surface area contributed by atoms with Gasteiger partial charge in [0.05, 0.1) is 17.3 Å². The van der Waals surface area contributed by atoms with Crippen molar-refractivity contribution < 1.29 is 20.0 Å². The molecule has 0 aromatic heterocycles. The number of nitrogens with two attached hydrogens (primary N) is 2. The summed E-state index contributed by atoms with van der Waals surface area (Å²) < 4.78 is 6.11. The molecule has 3 aromatic rings. The van der Waals surface area contributed by atoms with E-state index < -0.39 is 11.9 Å². The Bertz CT molecular complexity index is 1210. The summed E-state index contributed by atoms with van der Waals surface area (Å²) in [6, 6.07) is 19.1. The first kappa shape index (κ1) is 23.3. The number of carboxylic acid groups (broad SMARTS) is 1. The Morgan fingerprint density at radius 3 is 2.41 bits per heavy atom. The fraction of sp³-hybridized carbons (Fsp3) is 0.296. The quantitative estimate of drug-likeness (QED) is 0.319. The topological polar surface area (TPSA) is 125 Å². The first-order chi connectivity index (χ1) is 16.3. The molecule has 1 fully saturated rings. The van der Waals surface area contributed by atoms with Gasteiger partial charge in [0, 0.05) is 25.9 Å². The lowest BCUT2D eigenvalue weighted by molar-refractivity contribution is -0.138. The molecule has 1 atom stereocenters. The molecule has 4 rings (SSSR count). The highest BCUT2D eigenvalue weighted by molar-refractivity contribution is 5.97. The van der Waals surface area contributed by atoms with Crippen LogP contribution >= 0.6 is 0 Å². The van der Waals surface area contributed by atoms with Gasteiger partial charge in [-0.1, -0.05) is 36.4 Å². The van der Waals surface area contributed by atoms with Gasteiger partial charge >= 0.3 is 5.97 Å². The molecule has 0 bridgehead atoms. The predicted octanol–water partition coefficient (Wildman–Crippen LogP) is 2.56. The van der Waals surface area contributed by atoms with Crippen LogP contribution in [0.2, 0.25) is 0 Å².